The highest BCUT2D eigenvalue weighted by atomic mass is 79.9. The molecule has 0 bridgehead atoms. The van der Waals surface area contributed by atoms with E-state index in [-0.39, 0.29) is 5.97 Å². The lowest BCUT2D eigenvalue weighted by Crippen LogP contribution is -2.04. The van der Waals surface area contributed by atoms with E-state index >= 15 is 0 Å². The van der Waals surface area contributed by atoms with E-state index in [9.17, 15) is 4.79 Å². The van der Waals surface area contributed by atoms with Gasteiger partial charge in [0, 0.05) is 16.3 Å². The molecule has 2 rings (SSSR count). The zero-order valence-electron chi connectivity index (χ0n) is 10.6. The van der Waals surface area contributed by atoms with Crippen molar-refractivity contribution in [3.05, 3.63) is 63.1 Å². The minimum Gasteiger partial charge on any atom is -0.465 e. The summed E-state index contributed by atoms with van der Waals surface area (Å²) in [7, 11) is 1.35. The van der Waals surface area contributed by atoms with Gasteiger partial charge in [0.25, 0.3) is 0 Å². The summed E-state index contributed by atoms with van der Waals surface area (Å²) in [4.78, 5) is 16.0. The molecule has 0 aromatic heterocycles. The van der Waals surface area contributed by atoms with Crippen LogP contribution in [-0.2, 0) is 4.74 Å². The molecule has 0 saturated heterocycles. The number of carbonyl (C=O) groups is 1. The van der Waals surface area contributed by atoms with Gasteiger partial charge in [-0.05, 0) is 40.2 Å². The number of hydrogen-bond acceptors (Lipinski definition) is 3. The first-order valence-electron chi connectivity index (χ1n) is 5.78. The topological polar surface area (TPSA) is 38.7 Å². The van der Waals surface area contributed by atoms with Gasteiger partial charge in [-0.2, -0.15) is 0 Å². The maximum absolute atomic E-state index is 11.6. The lowest BCUT2D eigenvalue weighted by molar-refractivity contribution is 0.0600. The number of rotatable bonds is 3. The predicted octanol–water partition coefficient (Wildman–Crippen LogP) is 4.64. The van der Waals surface area contributed by atoms with Gasteiger partial charge < -0.3 is 4.74 Å². The number of halogens is 2. The molecule has 0 aliphatic carbocycles. The Morgan fingerprint density at radius 3 is 2.75 bits per heavy atom. The molecule has 0 saturated carbocycles. The molecule has 2 aromatic rings. The second-order valence-corrected chi connectivity index (χ2v) is 5.20. The van der Waals surface area contributed by atoms with E-state index in [1.807, 2.05) is 18.2 Å². The standard InChI is InChI=1S/C15H11BrClNO2/c1-20-15(19)12-5-3-2-4-10(12)9-18-11-6-7-13(16)14(17)8-11/h2-9H,1H3. The zero-order valence-corrected chi connectivity index (χ0v) is 13.0. The van der Waals surface area contributed by atoms with Crippen LogP contribution in [0.15, 0.2) is 51.9 Å². The molecule has 5 heteroatoms. The predicted molar refractivity (Wildman–Crippen MR) is 84.2 cm³/mol. The average Bonchev–Trinajstić information content (AvgIpc) is 2.48. The molecular weight excluding hydrogens is 342 g/mol. The molecule has 3 nitrogen and oxygen atoms in total. The third kappa shape index (κ3) is 3.46. The molecule has 0 fully saturated rings. The highest BCUT2D eigenvalue weighted by Crippen LogP contribution is 2.27. The Morgan fingerprint density at radius 1 is 1.30 bits per heavy atom. The Labute approximate surface area is 130 Å². The van der Waals surface area contributed by atoms with Crippen molar-refractivity contribution in [1.29, 1.82) is 0 Å². The third-order valence-electron chi connectivity index (χ3n) is 2.62. The molecule has 0 aliphatic rings. The molecular formula is C15H11BrClNO2. The van der Waals surface area contributed by atoms with Crippen LogP contribution >= 0.6 is 27.5 Å². The lowest BCUT2D eigenvalue weighted by Gasteiger charge is -2.03. The van der Waals surface area contributed by atoms with Crippen LogP contribution in [0.2, 0.25) is 5.02 Å². The number of methoxy groups -OCH3 is 1. The van der Waals surface area contributed by atoms with Crippen molar-refractivity contribution in [1.82, 2.24) is 0 Å². The van der Waals surface area contributed by atoms with E-state index in [2.05, 4.69) is 20.9 Å². The number of carbonyl (C=O) groups excluding carboxylic acids is 1. The van der Waals surface area contributed by atoms with Crippen LogP contribution in [0, 0.1) is 0 Å². The number of nitrogens with zero attached hydrogens (tertiary/aromatic N) is 1. The largest absolute Gasteiger partial charge is 0.465 e. The molecule has 0 atom stereocenters. The second-order valence-electron chi connectivity index (χ2n) is 3.94. The van der Waals surface area contributed by atoms with E-state index in [1.165, 1.54) is 7.11 Å². The molecule has 0 amide bonds. The molecule has 2 aromatic carbocycles. The third-order valence-corrected chi connectivity index (χ3v) is 3.85. The molecule has 0 aliphatic heterocycles. The van der Waals surface area contributed by atoms with Gasteiger partial charge >= 0.3 is 5.97 Å². The monoisotopic (exact) mass is 351 g/mol. The van der Waals surface area contributed by atoms with E-state index in [0.29, 0.717) is 21.8 Å². The van der Waals surface area contributed by atoms with E-state index in [1.54, 1.807) is 30.5 Å². The van der Waals surface area contributed by atoms with Gasteiger partial charge in [0.2, 0.25) is 0 Å². The fourth-order valence-corrected chi connectivity index (χ4v) is 2.04. The van der Waals surface area contributed by atoms with Crippen molar-refractivity contribution < 1.29 is 9.53 Å². The lowest BCUT2D eigenvalue weighted by atomic mass is 10.1. The van der Waals surface area contributed by atoms with Crippen molar-refractivity contribution in [3.8, 4) is 0 Å². The van der Waals surface area contributed by atoms with E-state index in [0.717, 1.165) is 4.47 Å². The summed E-state index contributed by atoms with van der Waals surface area (Å²) >= 11 is 9.33. The van der Waals surface area contributed by atoms with Gasteiger partial charge in [0.05, 0.1) is 23.4 Å². The summed E-state index contributed by atoms with van der Waals surface area (Å²) in [6, 6.07) is 12.5. The Morgan fingerprint density at radius 2 is 2.05 bits per heavy atom. The van der Waals surface area contributed by atoms with Gasteiger partial charge in [-0.15, -0.1) is 0 Å². The number of esters is 1. The maximum Gasteiger partial charge on any atom is 0.338 e. The molecule has 0 unspecified atom stereocenters. The van der Waals surface area contributed by atoms with Gasteiger partial charge in [0.1, 0.15) is 0 Å². The van der Waals surface area contributed by atoms with Gasteiger partial charge in [-0.3, -0.25) is 4.99 Å². The first-order chi connectivity index (χ1) is 9.61. The first kappa shape index (κ1) is 14.8. The summed E-state index contributed by atoms with van der Waals surface area (Å²) in [5, 5.41) is 0.584. The van der Waals surface area contributed by atoms with Gasteiger partial charge in [-0.1, -0.05) is 29.8 Å². The van der Waals surface area contributed by atoms with Crippen LogP contribution in [0.4, 0.5) is 5.69 Å². The van der Waals surface area contributed by atoms with E-state index < -0.39 is 0 Å². The van der Waals surface area contributed by atoms with Crippen LogP contribution in [0.1, 0.15) is 15.9 Å². The molecule has 0 radical (unpaired) electrons. The highest BCUT2D eigenvalue weighted by molar-refractivity contribution is 9.10. The van der Waals surface area contributed by atoms with Crippen LogP contribution in [-0.4, -0.2) is 19.3 Å². The number of hydrogen-bond donors (Lipinski definition) is 0. The normalized spacial score (nSPS) is 10.8. The first-order valence-corrected chi connectivity index (χ1v) is 6.95. The molecule has 0 heterocycles. The quantitative estimate of drug-likeness (QED) is 0.596. The Balaban J connectivity index is 2.31. The SMILES string of the molecule is COC(=O)c1ccccc1C=Nc1ccc(Br)c(Cl)c1. The summed E-state index contributed by atoms with van der Waals surface area (Å²) in [5.74, 6) is -0.388. The van der Waals surface area contributed by atoms with Crippen molar-refractivity contribution in [2.75, 3.05) is 7.11 Å². The van der Waals surface area contributed by atoms with Gasteiger partial charge in [0.15, 0.2) is 0 Å². The summed E-state index contributed by atoms with van der Waals surface area (Å²) in [6.07, 6.45) is 1.62. The van der Waals surface area contributed by atoms with Crippen molar-refractivity contribution >= 4 is 45.4 Å². The Kier molecular flexibility index (Phi) is 4.93. The Bertz CT molecular complexity index is 671. The van der Waals surface area contributed by atoms with Crippen molar-refractivity contribution in [3.63, 3.8) is 0 Å². The van der Waals surface area contributed by atoms with Gasteiger partial charge in [-0.25, -0.2) is 4.79 Å². The van der Waals surface area contributed by atoms with Crippen molar-refractivity contribution in [2.24, 2.45) is 4.99 Å². The summed E-state index contributed by atoms with van der Waals surface area (Å²) < 4.78 is 5.55. The molecule has 0 spiro atoms. The molecule has 0 N–H and O–H groups in total. The minimum absolute atomic E-state index is 0.388. The summed E-state index contributed by atoms with van der Waals surface area (Å²) in [6.45, 7) is 0. The number of ether oxygens (including phenoxy) is 1. The number of benzene rings is 2. The molecule has 102 valence electrons. The fourth-order valence-electron chi connectivity index (χ4n) is 1.61. The van der Waals surface area contributed by atoms with Crippen LogP contribution in [0.3, 0.4) is 0 Å². The van der Waals surface area contributed by atoms with Crippen LogP contribution in [0.25, 0.3) is 0 Å². The second kappa shape index (κ2) is 6.68. The minimum atomic E-state index is -0.388. The smallest absolute Gasteiger partial charge is 0.338 e. The van der Waals surface area contributed by atoms with Crippen LogP contribution in [0.5, 0.6) is 0 Å². The summed E-state index contributed by atoms with van der Waals surface area (Å²) in [5.41, 5.74) is 1.87. The Hall–Kier alpha value is -1.65. The molecule has 20 heavy (non-hydrogen) atoms. The number of aliphatic imine (C=N–C) groups is 1. The highest BCUT2D eigenvalue weighted by Gasteiger charge is 2.09. The maximum atomic E-state index is 11.6. The van der Waals surface area contributed by atoms with Crippen molar-refractivity contribution in [2.45, 2.75) is 0 Å². The fraction of sp³-hybridized carbons (Fsp3) is 0.0667. The van der Waals surface area contributed by atoms with E-state index in [4.69, 9.17) is 16.3 Å². The zero-order chi connectivity index (χ0) is 14.5. The van der Waals surface area contributed by atoms with Crippen LogP contribution < -0.4 is 0 Å². The average molecular weight is 353 g/mol.